The average molecular weight is 272 g/mol. The molecule has 88 valence electrons. The number of carbonyl (C=O) groups is 1. The Morgan fingerprint density at radius 3 is 2.12 bits per heavy atom. The van der Waals surface area contributed by atoms with E-state index in [4.69, 9.17) is 23.2 Å². The van der Waals surface area contributed by atoms with Crippen molar-refractivity contribution in [1.29, 1.82) is 0 Å². The van der Waals surface area contributed by atoms with Crippen molar-refractivity contribution >= 4 is 29.1 Å². The quantitative estimate of drug-likeness (QED) is 0.880. The van der Waals surface area contributed by atoms with Gasteiger partial charge < -0.3 is 5.32 Å². The van der Waals surface area contributed by atoms with E-state index >= 15 is 0 Å². The van der Waals surface area contributed by atoms with Gasteiger partial charge in [-0.05, 0) is 23.8 Å². The molecule has 2 nitrogen and oxygen atoms in total. The molecule has 16 heavy (non-hydrogen) atoms. The molecule has 0 aliphatic heterocycles. The third-order valence-electron chi connectivity index (χ3n) is 1.63. The first-order valence-corrected chi connectivity index (χ1v) is 4.84. The van der Waals surface area contributed by atoms with Crippen LogP contribution in [0.15, 0.2) is 18.2 Å². The monoisotopic (exact) mass is 271 g/mol. The molecular formula is C9H6Cl2F3NO. The molecule has 1 rings (SSSR count). The van der Waals surface area contributed by atoms with Gasteiger partial charge in [-0.3, -0.25) is 4.79 Å². The van der Waals surface area contributed by atoms with Crippen LogP contribution in [0, 0.1) is 0 Å². The summed E-state index contributed by atoms with van der Waals surface area (Å²) in [4.78, 5) is 10.5. The van der Waals surface area contributed by atoms with E-state index in [-0.39, 0.29) is 6.54 Å². The van der Waals surface area contributed by atoms with Gasteiger partial charge in [0, 0.05) is 16.6 Å². The summed E-state index contributed by atoms with van der Waals surface area (Å²) < 4.78 is 35.5. The second-order valence-corrected chi connectivity index (χ2v) is 3.83. The second-order valence-electron chi connectivity index (χ2n) is 2.96. The van der Waals surface area contributed by atoms with Crippen LogP contribution in [0.3, 0.4) is 0 Å². The summed E-state index contributed by atoms with van der Waals surface area (Å²) in [6, 6.07) is 4.28. The topological polar surface area (TPSA) is 29.1 Å². The van der Waals surface area contributed by atoms with Crippen LogP contribution in [0.25, 0.3) is 0 Å². The summed E-state index contributed by atoms with van der Waals surface area (Å²) in [5.74, 6) is -2.00. The largest absolute Gasteiger partial charge is 0.471 e. The molecule has 0 heterocycles. The van der Waals surface area contributed by atoms with Crippen LogP contribution >= 0.6 is 23.2 Å². The molecule has 7 heteroatoms. The van der Waals surface area contributed by atoms with Crippen molar-refractivity contribution in [2.24, 2.45) is 0 Å². The number of benzene rings is 1. The lowest BCUT2D eigenvalue weighted by molar-refractivity contribution is -0.173. The molecule has 0 radical (unpaired) electrons. The summed E-state index contributed by atoms with van der Waals surface area (Å²) in [6.45, 7) is -0.279. The normalized spacial score (nSPS) is 11.3. The Bertz CT molecular complexity index is 386. The van der Waals surface area contributed by atoms with Gasteiger partial charge in [-0.15, -0.1) is 0 Å². The fourth-order valence-electron chi connectivity index (χ4n) is 0.996. The van der Waals surface area contributed by atoms with Crippen LogP contribution in [-0.2, 0) is 11.3 Å². The first-order valence-electron chi connectivity index (χ1n) is 4.09. The molecule has 1 amide bonds. The minimum atomic E-state index is -4.89. The van der Waals surface area contributed by atoms with Crippen molar-refractivity contribution in [3.8, 4) is 0 Å². The number of alkyl halides is 3. The lowest BCUT2D eigenvalue weighted by Gasteiger charge is -2.08. The maximum atomic E-state index is 11.8. The molecule has 0 spiro atoms. The van der Waals surface area contributed by atoms with Crippen molar-refractivity contribution in [2.45, 2.75) is 12.7 Å². The maximum Gasteiger partial charge on any atom is 0.471 e. The SMILES string of the molecule is O=C(NCc1cc(Cl)cc(Cl)c1)C(F)(F)F. The molecule has 0 unspecified atom stereocenters. The van der Waals surface area contributed by atoms with E-state index in [9.17, 15) is 18.0 Å². The predicted molar refractivity (Wildman–Crippen MR) is 54.4 cm³/mol. The van der Waals surface area contributed by atoms with Gasteiger partial charge in [0.1, 0.15) is 0 Å². The Morgan fingerprint density at radius 2 is 1.69 bits per heavy atom. The third-order valence-corrected chi connectivity index (χ3v) is 2.07. The number of halogens is 5. The Hall–Kier alpha value is -0.940. The van der Waals surface area contributed by atoms with E-state index in [1.165, 1.54) is 18.2 Å². The van der Waals surface area contributed by atoms with Gasteiger partial charge >= 0.3 is 12.1 Å². The number of hydrogen-bond acceptors (Lipinski definition) is 1. The van der Waals surface area contributed by atoms with Crippen molar-refractivity contribution in [1.82, 2.24) is 5.32 Å². The minimum Gasteiger partial charge on any atom is -0.344 e. The highest BCUT2D eigenvalue weighted by molar-refractivity contribution is 6.34. The summed E-state index contributed by atoms with van der Waals surface area (Å²) in [5.41, 5.74) is 0.398. The average Bonchev–Trinajstić information content (AvgIpc) is 2.11. The first kappa shape index (κ1) is 13.1. The van der Waals surface area contributed by atoms with Crippen LogP contribution in [0.4, 0.5) is 13.2 Å². The molecule has 0 saturated carbocycles. The smallest absolute Gasteiger partial charge is 0.344 e. The Balaban J connectivity index is 2.65. The number of carbonyl (C=O) groups excluding carboxylic acids is 1. The Kier molecular flexibility index (Phi) is 4.04. The van der Waals surface area contributed by atoms with Gasteiger partial charge in [-0.2, -0.15) is 13.2 Å². The van der Waals surface area contributed by atoms with Crippen LogP contribution < -0.4 is 5.32 Å². The summed E-state index contributed by atoms with van der Waals surface area (Å²) in [5, 5.41) is 2.30. The summed E-state index contributed by atoms with van der Waals surface area (Å²) in [6.07, 6.45) is -4.89. The zero-order valence-corrected chi connectivity index (χ0v) is 9.25. The molecule has 0 fully saturated rings. The van der Waals surface area contributed by atoms with Gasteiger partial charge in [0.2, 0.25) is 0 Å². The van der Waals surface area contributed by atoms with Gasteiger partial charge in [0.05, 0.1) is 0 Å². The number of amides is 1. The van der Waals surface area contributed by atoms with E-state index in [1.54, 1.807) is 5.32 Å². The molecule has 0 saturated heterocycles. The van der Waals surface area contributed by atoms with Crippen molar-refractivity contribution in [3.05, 3.63) is 33.8 Å². The molecule has 0 bridgehead atoms. The van der Waals surface area contributed by atoms with E-state index in [0.717, 1.165) is 0 Å². The van der Waals surface area contributed by atoms with Gasteiger partial charge in [0.15, 0.2) is 0 Å². The molecule has 1 aromatic rings. The predicted octanol–water partition coefficient (Wildman–Crippen LogP) is 3.17. The van der Waals surface area contributed by atoms with Crippen molar-refractivity contribution < 1.29 is 18.0 Å². The maximum absolute atomic E-state index is 11.8. The molecule has 1 aromatic carbocycles. The molecule has 0 aliphatic rings. The number of nitrogens with one attached hydrogen (secondary N) is 1. The van der Waals surface area contributed by atoms with Crippen molar-refractivity contribution in [2.75, 3.05) is 0 Å². The molecule has 0 aromatic heterocycles. The molecule has 0 aliphatic carbocycles. The zero-order chi connectivity index (χ0) is 12.3. The summed E-state index contributed by atoms with van der Waals surface area (Å²) in [7, 11) is 0. The van der Waals surface area contributed by atoms with Crippen molar-refractivity contribution in [3.63, 3.8) is 0 Å². The van der Waals surface area contributed by atoms with Crippen LogP contribution in [-0.4, -0.2) is 12.1 Å². The minimum absolute atomic E-state index is 0.279. The van der Waals surface area contributed by atoms with E-state index in [0.29, 0.717) is 15.6 Å². The van der Waals surface area contributed by atoms with Crippen LogP contribution in [0.5, 0.6) is 0 Å². The van der Waals surface area contributed by atoms with Gasteiger partial charge in [-0.1, -0.05) is 23.2 Å². The highest BCUT2D eigenvalue weighted by atomic mass is 35.5. The van der Waals surface area contributed by atoms with Crippen LogP contribution in [0.2, 0.25) is 10.0 Å². The summed E-state index contributed by atoms with van der Waals surface area (Å²) >= 11 is 11.3. The second kappa shape index (κ2) is 4.93. The molecule has 0 atom stereocenters. The number of hydrogen-bond donors (Lipinski definition) is 1. The van der Waals surface area contributed by atoms with E-state index in [1.807, 2.05) is 0 Å². The Morgan fingerprint density at radius 1 is 1.19 bits per heavy atom. The van der Waals surface area contributed by atoms with Gasteiger partial charge in [-0.25, -0.2) is 0 Å². The Labute approximate surface area is 99.3 Å². The van der Waals surface area contributed by atoms with Gasteiger partial charge in [0.25, 0.3) is 0 Å². The lowest BCUT2D eigenvalue weighted by Crippen LogP contribution is -2.36. The van der Waals surface area contributed by atoms with Crippen LogP contribution in [0.1, 0.15) is 5.56 Å². The molecular weight excluding hydrogens is 266 g/mol. The third kappa shape index (κ3) is 3.90. The van der Waals surface area contributed by atoms with E-state index < -0.39 is 12.1 Å². The highest BCUT2D eigenvalue weighted by Crippen LogP contribution is 2.19. The fourth-order valence-corrected chi connectivity index (χ4v) is 1.57. The first-order chi connectivity index (χ1) is 7.29. The number of rotatable bonds is 2. The highest BCUT2D eigenvalue weighted by Gasteiger charge is 2.38. The molecule has 1 N–H and O–H groups in total. The van der Waals surface area contributed by atoms with E-state index in [2.05, 4.69) is 0 Å². The standard InChI is InChI=1S/C9H6Cl2F3NO/c10-6-1-5(2-7(11)3-6)4-15-8(16)9(12,13)14/h1-3H,4H2,(H,15,16). The zero-order valence-electron chi connectivity index (χ0n) is 7.74. The fraction of sp³-hybridized carbons (Fsp3) is 0.222. The lowest BCUT2D eigenvalue weighted by atomic mass is 10.2.